The van der Waals surface area contributed by atoms with Crippen molar-refractivity contribution in [2.75, 3.05) is 19.8 Å². The summed E-state index contributed by atoms with van der Waals surface area (Å²) in [4.78, 5) is 2.64. The average Bonchev–Trinajstić information content (AvgIpc) is 3.21. The normalized spacial score (nSPS) is 42.4. The van der Waals surface area contributed by atoms with Gasteiger partial charge in [-0.15, -0.1) is 0 Å². The van der Waals surface area contributed by atoms with Crippen LogP contribution in [0.2, 0.25) is 0 Å². The zero-order valence-corrected chi connectivity index (χ0v) is 14.8. The van der Waals surface area contributed by atoms with Crippen molar-refractivity contribution >= 4 is 10.9 Å². The first-order valence-electron chi connectivity index (χ1n) is 9.41. The van der Waals surface area contributed by atoms with Crippen LogP contribution in [-0.4, -0.2) is 40.4 Å². The number of aliphatic hydroxyl groups excluding tert-OH is 1. The first-order chi connectivity index (χ1) is 12.2. The summed E-state index contributed by atoms with van der Waals surface area (Å²) in [5.41, 5.74) is 5.50. The number of hydrogen-bond donors (Lipinski definition) is 1. The largest absolute Gasteiger partial charge is 0.396 e. The maximum atomic E-state index is 10.4. The maximum Gasteiger partial charge on any atom is 0.101 e. The first-order valence-corrected chi connectivity index (χ1v) is 9.41. The minimum atomic E-state index is -0.129. The van der Waals surface area contributed by atoms with Gasteiger partial charge in [0, 0.05) is 41.2 Å². The Hall–Kier alpha value is -1.62. The fraction of sp³-hybridized carbons (Fsp3) is 0.524. The number of para-hydroxylation sites is 1. The van der Waals surface area contributed by atoms with Gasteiger partial charge in [-0.05, 0) is 25.3 Å². The van der Waals surface area contributed by atoms with Gasteiger partial charge in [0.2, 0.25) is 0 Å². The molecule has 0 aliphatic carbocycles. The summed E-state index contributed by atoms with van der Waals surface area (Å²) in [6.45, 7) is 4.07. The number of nitrogens with zero attached hydrogens (tertiary/aromatic N) is 2. The van der Waals surface area contributed by atoms with Crippen molar-refractivity contribution in [2.24, 2.45) is 18.4 Å². The Balaban J connectivity index is 1.67. The molecular formula is C21H24N2O2. The third-order valence-corrected chi connectivity index (χ3v) is 7.59. The molecule has 4 bridgehead atoms. The lowest BCUT2D eigenvalue weighted by Gasteiger charge is -2.61. The fourth-order valence-corrected chi connectivity index (χ4v) is 6.57. The molecule has 0 amide bonds. The highest BCUT2D eigenvalue weighted by molar-refractivity contribution is 5.87. The van der Waals surface area contributed by atoms with Crippen LogP contribution in [0.15, 0.2) is 35.9 Å². The van der Waals surface area contributed by atoms with E-state index in [0.29, 0.717) is 24.6 Å². The summed E-state index contributed by atoms with van der Waals surface area (Å²) in [5.74, 6) is 0.443. The molecule has 4 fully saturated rings. The second-order valence-corrected chi connectivity index (χ2v) is 8.28. The van der Waals surface area contributed by atoms with Crippen molar-refractivity contribution < 1.29 is 9.84 Å². The zero-order valence-electron chi connectivity index (χ0n) is 14.8. The highest BCUT2D eigenvalue weighted by atomic mass is 16.5. The van der Waals surface area contributed by atoms with Crippen molar-refractivity contribution in [2.45, 2.75) is 31.5 Å². The highest BCUT2D eigenvalue weighted by Gasteiger charge is 2.67. The second kappa shape index (κ2) is 4.56. The summed E-state index contributed by atoms with van der Waals surface area (Å²) in [5, 5.41) is 11.8. The second-order valence-electron chi connectivity index (χ2n) is 8.28. The van der Waals surface area contributed by atoms with Crippen molar-refractivity contribution in [1.82, 2.24) is 9.47 Å². The maximum absolute atomic E-state index is 10.4. The smallest absolute Gasteiger partial charge is 0.101 e. The lowest BCUT2D eigenvalue weighted by Crippen LogP contribution is -2.66. The molecule has 0 radical (unpaired) electrons. The van der Waals surface area contributed by atoms with Crippen LogP contribution >= 0.6 is 0 Å². The molecule has 4 heteroatoms. The zero-order chi connectivity index (χ0) is 16.9. The van der Waals surface area contributed by atoms with E-state index in [0.717, 1.165) is 13.0 Å². The number of rotatable bonds is 1. The predicted octanol–water partition coefficient (Wildman–Crippen LogP) is 2.93. The molecule has 1 aromatic heterocycles. The molecule has 4 saturated heterocycles. The molecule has 130 valence electrons. The number of hydrogen-bond acceptors (Lipinski definition) is 3. The Labute approximate surface area is 147 Å². The first kappa shape index (κ1) is 14.5. The molecule has 0 saturated carbocycles. The van der Waals surface area contributed by atoms with Gasteiger partial charge < -0.3 is 14.4 Å². The van der Waals surface area contributed by atoms with Crippen LogP contribution in [0.3, 0.4) is 0 Å². The molecule has 1 aromatic carbocycles. The van der Waals surface area contributed by atoms with Gasteiger partial charge in [-0.25, -0.2) is 0 Å². The van der Waals surface area contributed by atoms with Gasteiger partial charge in [0.05, 0.1) is 25.3 Å². The van der Waals surface area contributed by atoms with Gasteiger partial charge in [0.25, 0.3) is 0 Å². The van der Waals surface area contributed by atoms with Crippen molar-refractivity contribution in [1.29, 1.82) is 0 Å². The van der Waals surface area contributed by atoms with Gasteiger partial charge in [-0.2, -0.15) is 0 Å². The molecule has 5 aliphatic rings. The lowest BCUT2D eigenvalue weighted by atomic mass is 9.56. The Bertz CT molecular complexity index is 929. The van der Waals surface area contributed by atoms with E-state index in [9.17, 15) is 5.11 Å². The van der Waals surface area contributed by atoms with E-state index in [1.807, 2.05) is 0 Å². The van der Waals surface area contributed by atoms with E-state index in [1.165, 1.54) is 27.7 Å². The summed E-state index contributed by atoms with van der Waals surface area (Å²) in [7, 11) is 2.20. The van der Waals surface area contributed by atoms with E-state index in [2.05, 4.69) is 53.8 Å². The molecule has 6 atom stereocenters. The summed E-state index contributed by atoms with van der Waals surface area (Å²) in [6.07, 6.45) is 3.47. The van der Waals surface area contributed by atoms with E-state index in [-0.39, 0.29) is 18.1 Å². The number of allylic oxidation sites excluding steroid dienone is 1. The number of aromatic nitrogens is 1. The van der Waals surface area contributed by atoms with Crippen LogP contribution in [0.5, 0.6) is 0 Å². The molecule has 1 N–H and O–H groups in total. The number of aryl methyl sites for hydroxylation is 1. The van der Waals surface area contributed by atoms with Crippen LogP contribution in [0.25, 0.3) is 10.9 Å². The molecular weight excluding hydrogens is 312 g/mol. The van der Waals surface area contributed by atoms with E-state index in [4.69, 9.17) is 4.74 Å². The fourth-order valence-electron chi connectivity index (χ4n) is 6.57. The Kier molecular flexibility index (Phi) is 2.65. The molecule has 2 unspecified atom stereocenters. The van der Waals surface area contributed by atoms with E-state index < -0.39 is 0 Å². The average molecular weight is 336 g/mol. The molecule has 25 heavy (non-hydrogen) atoms. The minimum Gasteiger partial charge on any atom is -0.396 e. The van der Waals surface area contributed by atoms with Crippen LogP contribution in [0.4, 0.5) is 0 Å². The minimum absolute atomic E-state index is 0.0886. The quantitative estimate of drug-likeness (QED) is 0.814. The van der Waals surface area contributed by atoms with Crippen LogP contribution < -0.4 is 0 Å². The summed E-state index contributed by atoms with van der Waals surface area (Å²) < 4.78 is 8.85. The van der Waals surface area contributed by atoms with Crippen LogP contribution in [-0.2, 0) is 11.8 Å². The number of piperidine rings is 3. The lowest BCUT2D eigenvalue weighted by molar-refractivity contribution is -0.102. The molecule has 5 aliphatic heterocycles. The van der Waals surface area contributed by atoms with Gasteiger partial charge in [0.15, 0.2) is 0 Å². The third kappa shape index (κ3) is 1.44. The van der Waals surface area contributed by atoms with Crippen molar-refractivity contribution in [3.05, 3.63) is 47.2 Å². The SMILES string of the molecule is C/C=C1/CN2[C@H]3[C@@H]4OCC3(CO)[C@H]1C[C@H]2c1c4c2ccccc2n1C. The molecule has 7 rings (SSSR count). The summed E-state index contributed by atoms with van der Waals surface area (Å²) >= 11 is 0. The highest BCUT2D eigenvalue weighted by Crippen LogP contribution is 2.66. The van der Waals surface area contributed by atoms with Gasteiger partial charge in [0.1, 0.15) is 6.10 Å². The standard InChI is InChI=1S/C21H24N2O2/c1-3-12-9-23-16-8-14(12)21(10-24)11-25-19(20(21)23)17-13-6-4-5-7-15(13)22(2)18(16)17/h3-7,14,16,19-20,24H,8-11H2,1-2H3/b12-3-/t14-,16-,19+,20-,21?/m0/s1. The number of ether oxygens (including phenoxy) is 1. The monoisotopic (exact) mass is 336 g/mol. The van der Waals surface area contributed by atoms with Crippen LogP contribution in [0, 0.1) is 11.3 Å². The van der Waals surface area contributed by atoms with Gasteiger partial charge >= 0.3 is 0 Å². The molecule has 6 heterocycles. The molecule has 2 aromatic rings. The van der Waals surface area contributed by atoms with E-state index in [1.54, 1.807) is 0 Å². The van der Waals surface area contributed by atoms with Crippen LogP contribution in [0.1, 0.15) is 36.7 Å². The molecule has 0 spiro atoms. The predicted molar refractivity (Wildman–Crippen MR) is 96.2 cm³/mol. The number of benzene rings is 1. The van der Waals surface area contributed by atoms with Crippen molar-refractivity contribution in [3.63, 3.8) is 0 Å². The summed E-state index contributed by atoms with van der Waals surface area (Å²) in [6, 6.07) is 9.47. The Morgan fingerprint density at radius 3 is 3.00 bits per heavy atom. The number of aliphatic hydroxyl groups is 1. The topological polar surface area (TPSA) is 37.6 Å². The number of fused-ring (bicyclic) bond motifs is 5. The van der Waals surface area contributed by atoms with Gasteiger partial charge in [-0.3, -0.25) is 4.90 Å². The Morgan fingerprint density at radius 2 is 2.20 bits per heavy atom. The molecule has 4 nitrogen and oxygen atoms in total. The van der Waals surface area contributed by atoms with Gasteiger partial charge in [-0.1, -0.05) is 29.8 Å². The third-order valence-electron chi connectivity index (χ3n) is 7.59. The Morgan fingerprint density at radius 1 is 1.36 bits per heavy atom. The van der Waals surface area contributed by atoms with E-state index >= 15 is 0 Å². The van der Waals surface area contributed by atoms with Crippen molar-refractivity contribution in [3.8, 4) is 0 Å².